The van der Waals surface area contributed by atoms with Crippen LogP contribution in [0.3, 0.4) is 0 Å². The molecule has 0 radical (unpaired) electrons. The molecule has 1 amide bonds. The summed E-state index contributed by atoms with van der Waals surface area (Å²) in [5.41, 5.74) is 3.16. The number of fused-ring (bicyclic) bond motifs is 1. The Hall–Kier alpha value is -2.21. The molecule has 0 saturated carbocycles. The van der Waals surface area contributed by atoms with E-state index in [1.165, 1.54) is 11.3 Å². The molecule has 4 heterocycles. The van der Waals surface area contributed by atoms with E-state index in [4.69, 9.17) is 4.98 Å². The first-order chi connectivity index (χ1) is 12.5. The summed E-state index contributed by atoms with van der Waals surface area (Å²) in [6.07, 6.45) is 4.66. The molecule has 1 saturated heterocycles. The van der Waals surface area contributed by atoms with E-state index >= 15 is 0 Å². The largest absolute Gasteiger partial charge is 0.337 e. The van der Waals surface area contributed by atoms with E-state index < -0.39 is 0 Å². The fourth-order valence-electron chi connectivity index (χ4n) is 3.75. The van der Waals surface area contributed by atoms with Crippen LogP contribution >= 0.6 is 11.3 Å². The van der Waals surface area contributed by atoms with Gasteiger partial charge in [-0.15, -0.1) is 11.3 Å². The van der Waals surface area contributed by atoms with Crippen molar-refractivity contribution in [1.29, 1.82) is 0 Å². The smallest absolute Gasteiger partial charge is 0.264 e. The number of aromatic nitrogens is 3. The van der Waals surface area contributed by atoms with Crippen molar-refractivity contribution in [2.75, 3.05) is 13.1 Å². The minimum atomic E-state index is 0.160. The maximum absolute atomic E-state index is 12.8. The molecule has 1 fully saturated rings. The Morgan fingerprint density at radius 1 is 1.38 bits per heavy atom. The number of thiophene rings is 1. The van der Waals surface area contributed by atoms with Gasteiger partial charge in [-0.25, -0.2) is 4.98 Å². The van der Waals surface area contributed by atoms with Crippen LogP contribution in [0.4, 0.5) is 0 Å². The van der Waals surface area contributed by atoms with Crippen molar-refractivity contribution in [3.8, 4) is 0 Å². The van der Waals surface area contributed by atoms with E-state index in [1.54, 1.807) is 6.20 Å². The second kappa shape index (κ2) is 6.83. The lowest BCUT2D eigenvalue weighted by atomic mass is 10.1. The number of rotatable bonds is 4. The van der Waals surface area contributed by atoms with Gasteiger partial charge in [0.1, 0.15) is 5.82 Å². The van der Waals surface area contributed by atoms with Gasteiger partial charge in [0, 0.05) is 31.7 Å². The number of aryl methyl sites for hydroxylation is 1. The van der Waals surface area contributed by atoms with Crippen molar-refractivity contribution in [2.45, 2.75) is 39.7 Å². The first-order valence-corrected chi connectivity index (χ1v) is 10.1. The highest BCUT2D eigenvalue weighted by atomic mass is 32.1. The standard InChI is InChI=1S/C20H24N4OS/c1-13(2)11-24-17-10-21-7-4-16(17)22-19(24)15-5-8-23(12-15)20(25)18-14(3)6-9-26-18/h4,6-7,9-10,13,15H,5,8,11-12H2,1-3H3/t15-/m0/s1. The third kappa shape index (κ3) is 3.03. The zero-order valence-corrected chi connectivity index (χ0v) is 16.3. The van der Waals surface area contributed by atoms with Crippen molar-refractivity contribution in [2.24, 2.45) is 5.92 Å². The lowest BCUT2D eigenvalue weighted by molar-refractivity contribution is 0.0794. The molecule has 0 N–H and O–H groups in total. The summed E-state index contributed by atoms with van der Waals surface area (Å²) >= 11 is 1.54. The number of nitrogens with zero attached hydrogens (tertiary/aromatic N) is 4. The van der Waals surface area contributed by atoms with Crippen LogP contribution in [-0.4, -0.2) is 38.4 Å². The summed E-state index contributed by atoms with van der Waals surface area (Å²) < 4.78 is 2.31. The fraction of sp³-hybridized carbons (Fsp3) is 0.450. The van der Waals surface area contributed by atoms with Crippen LogP contribution in [0.2, 0.25) is 0 Å². The Labute approximate surface area is 157 Å². The Bertz CT molecular complexity index is 942. The van der Waals surface area contributed by atoms with Gasteiger partial charge >= 0.3 is 0 Å². The third-order valence-corrected chi connectivity index (χ3v) is 6.03. The molecule has 3 aromatic heterocycles. The predicted octanol–water partition coefficient (Wildman–Crippen LogP) is 4.09. The average molecular weight is 369 g/mol. The first-order valence-electron chi connectivity index (χ1n) is 9.18. The van der Waals surface area contributed by atoms with Crippen molar-refractivity contribution >= 4 is 28.3 Å². The second-order valence-corrected chi connectivity index (χ2v) is 8.42. The molecule has 0 bridgehead atoms. The molecule has 6 heteroatoms. The Balaban J connectivity index is 1.62. The maximum atomic E-state index is 12.8. The predicted molar refractivity (Wildman–Crippen MR) is 105 cm³/mol. The molecule has 4 rings (SSSR count). The first kappa shape index (κ1) is 17.2. The van der Waals surface area contributed by atoms with Gasteiger partial charge in [-0.3, -0.25) is 9.78 Å². The zero-order chi connectivity index (χ0) is 18.3. The van der Waals surface area contributed by atoms with Crippen LogP contribution < -0.4 is 0 Å². The lowest BCUT2D eigenvalue weighted by Gasteiger charge is -2.18. The van der Waals surface area contributed by atoms with Crippen LogP contribution in [0.25, 0.3) is 11.0 Å². The van der Waals surface area contributed by atoms with Gasteiger partial charge in [-0.05, 0) is 42.3 Å². The molecule has 1 atom stereocenters. The van der Waals surface area contributed by atoms with Gasteiger partial charge in [-0.1, -0.05) is 13.8 Å². The van der Waals surface area contributed by atoms with Crippen LogP contribution in [0.5, 0.6) is 0 Å². The Morgan fingerprint density at radius 3 is 2.96 bits per heavy atom. The molecular weight excluding hydrogens is 344 g/mol. The van der Waals surface area contributed by atoms with E-state index in [-0.39, 0.29) is 11.8 Å². The molecule has 1 aliphatic heterocycles. The Kier molecular flexibility index (Phi) is 4.53. The van der Waals surface area contributed by atoms with Crippen molar-refractivity contribution in [3.05, 3.63) is 46.2 Å². The number of carbonyl (C=O) groups excluding carboxylic acids is 1. The lowest BCUT2D eigenvalue weighted by Crippen LogP contribution is -2.28. The van der Waals surface area contributed by atoms with E-state index in [9.17, 15) is 4.79 Å². The summed E-state index contributed by atoms with van der Waals surface area (Å²) in [4.78, 5) is 24.9. The molecule has 0 aromatic carbocycles. The van der Waals surface area contributed by atoms with E-state index in [0.29, 0.717) is 5.92 Å². The normalized spacial score (nSPS) is 17.5. The molecule has 0 aliphatic carbocycles. The summed E-state index contributed by atoms with van der Waals surface area (Å²) in [5.74, 6) is 2.07. The Morgan fingerprint density at radius 2 is 2.23 bits per heavy atom. The third-order valence-electron chi connectivity index (χ3n) is 5.02. The SMILES string of the molecule is Cc1ccsc1C(=O)N1CC[C@H](c2nc3ccncc3n2CC(C)C)C1. The monoisotopic (exact) mass is 368 g/mol. The summed E-state index contributed by atoms with van der Waals surface area (Å²) in [6.45, 7) is 8.90. The minimum Gasteiger partial charge on any atom is -0.337 e. The van der Waals surface area contributed by atoms with E-state index in [2.05, 4.69) is 23.4 Å². The highest BCUT2D eigenvalue weighted by molar-refractivity contribution is 7.12. The van der Waals surface area contributed by atoms with Crippen LogP contribution in [0.15, 0.2) is 29.9 Å². The molecule has 3 aromatic rings. The maximum Gasteiger partial charge on any atom is 0.264 e. The van der Waals surface area contributed by atoms with Crippen LogP contribution in [0.1, 0.15) is 47.2 Å². The molecule has 26 heavy (non-hydrogen) atoms. The highest BCUT2D eigenvalue weighted by Crippen LogP contribution is 2.31. The van der Waals surface area contributed by atoms with Gasteiger partial charge in [-0.2, -0.15) is 0 Å². The van der Waals surface area contributed by atoms with E-state index in [0.717, 1.165) is 53.4 Å². The molecule has 5 nitrogen and oxygen atoms in total. The second-order valence-electron chi connectivity index (χ2n) is 7.51. The van der Waals surface area contributed by atoms with Gasteiger partial charge in [0.2, 0.25) is 0 Å². The average Bonchev–Trinajstić information content (AvgIpc) is 3.33. The van der Waals surface area contributed by atoms with Gasteiger partial charge < -0.3 is 9.47 Å². The molecule has 1 aliphatic rings. The highest BCUT2D eigenvalue weighted by Gasteiger charge is 2.32. The number of hydrogen-bond acceptors (Lipinski definition) is 4. The number of imidazole rings is 1. The van der Waals surface area contributed by atoms with E-state index in [1.807, 2.05) is 35.5 Å². The quantitative estimate of drug-likeness (QED) is 0.697. The van der Waals surface area contributed by atoms with Gasteiger partial charge in [0.05, 0.1) is 22.1 Å². The summed E-state index contributed by atoms with van der Waals surface area (Å²) in [5, 5.41) is 1.99. The van der Waals surface area contributed by atoms with Crippen LogP contribution in [0, 0.1) is 12.8 Å². The zero-order valence-electron chi connectivity index (χ0n) is 15.5. The molecular formula is C20H24N4OS. The topological polar surface area (TPSA) is 51.0 Å². The number of hydrogen-bond donors (Lipinski definition) is 0. The number of carbonyl (C=O) groups is 1. The number of likely N-dealkylation sites (tertiary alicyclic amines) is 1. The van der Waals surface area contributed by atoms with Crippen molar-refractivity contribution in [1.82, 2.24) is 19.4 Å². The van der Waals surface area contributed by atoms with Gasteiger partial charge in [0.15, 0.2) is 0 Å². The number of pyridine rings is 1. The van der Waals surface area contributed by atoms with Crippen molar-refractivity contribution in [3.63, 3.8) is 0 Å². The van der Waals surface area contributed by atoms with Crippen molar-refractivity contribution < 1.29 is 4.79 Å². The van der Waals surface area contributed by atoms with Gasteiger partial charge in [0.25, 0.3) is 5.91 Å². The molecule has 0 unspecified atom stereocenters. The summed E-state index contributed by atoms with van der Waals surface area (Å²) in [7, 11) is 0. The summed E-state index contributed by atoms with van der Waals surface area (Å²) in [6, 6.07) is 3.99. The fourth-order valence-corrected chi connectivity index (χ4v) is 4.64. The molecule has 0 spiro atoms. The minimum absolute atomic E-state index is 0.160. The number of amides is 1. The van der Waals surface area contributed by atoms with Crippen LogP contribution in [-0.2, 0) is 6.54 Å². The molecule has 136 valence electrons.